The third-order valence-corrected chi connectivity index (χ3v) is 4.73. The number of aromatic nitrogens is 3. The van der Waals surface area contributed by atoms with Crippen molar-refractivity contribution >= 4 is 51.3 Å². The Kier molecular flexibility index (Phi) is 5.19. The number of aryl methyl sites for hydroxylation is 1. The summed E-state index contributed by atoms with van der Waals surface area (Å²) < 4.78 is 11.2. The molecule has 3 rings (SSSR count). The lowest BCUT2D eigenvalue weighted by Gasteiger charge is -2.02. The number of rotatable bonds is 5. The summed E-state index contributed by atoms with van der Waals surface area (Å²) in [4.78, 5) is 43.6. The summed E-state index contributed by atoms with van der Waals surface area (Å²) in [5, 5.41) is 5.64. The number of methoxy groups -OCH3 is 1. The number of ether oxygens (including phenoxy) is 2. The second kappa shape index (κ2) is 7.55. The standard InChI is InChI=1S/C15H13N5O5S2/c1-20-4-7(16)3-10(20)11(21)19-14-17-9(5-26-14)13(23)25-15-18-8(6-27-15)12(22)24-2/h3-6H,16H2,1-2H3,(H,17,19,21). The normalized spacial score (nSPS) is 10.4. The van der Waals surface area contributed by atoms with E-state index in [-0.39, 0.29) is 21.7 Å². The quantitative estimate of drug-likeness (QED) is 0.610. The third-order valence-electron chi connectivity index (χ3n) is 3.25. The van der Waals surface area contributed by atoms with Gasteiger partial charge >= 0.3 is 11.9 Å². The molecule has 12 heteroatoms. The SMILES string of the molecule is COC(=O)c1csc(OC(=O)c2csc(NC(=O)c3cc(N)cn3C)n2)n1. The van der Waals surface area contributed by atoms with Crippen molar-refractivity contribution in [3.05, 3.63) is 40.1 Å². The number of hydrogen-bond acceptors (Lipinski definition) is 10. The van der Waals surface area contributed by atoms with Gasteiger partial charge in [-0.05, 0) is 6.07 Å². The molecule has 0 aliphatic carbocycles. The molecule has 140 valence electrons. The van der Waals surface area contributed by atoms with Crippen LogP contribution in [0.5, 0.6) is 5.19 Å². The molecule has 27 heavy (non-hydrogen) atoms. The molecule has 0 radical (unpaired) electrons. The van der Waals surface area contributed by atoms with E-state index >= 15 is 0 Å². The van der Waals surface area contributed by atoms with E-state index in [0.717, 1.165) is 22.7 Å². The Morgan fingerprint density at radius 1 is 1.15 bits per heavy atom. The van der Waals surface area contributed by atoms with Crippen LogP contribution < -0.4 is 15.8 Å². The van der Waals surface area contributed by atoms with Crippen LogP contribution in [-0.2, 0) is 11.8 Å². The number of nitrogen functional groups attached to an aromatic ring is 1. The smallest absolute Gasteiger partial charge is 0.365 e. The van der Waals surface area contributed by atoms with E-state index in [1.165, 1.54) is 23.9 Å². The predicted molar refractivity (Wildman–Crippen MR) is 98.3 cm³/mol. The molecule has 0 bridgehead atoms. The molecule has 0 aliphatic heterocycles. The number of amides is 1. The monoisotopic (exact) mass is 407 g/mol. The summed E-state index contributed by atoms with van der Waals surface area (Å²) in [5.74, 6) is -1.81. The van der Waals surface area contributed by atoms with Gasteiger partial charge in [-0.1, -0.05) is 11.3 Å². The van der Waals surface area contributed by atoms with Crippen molar-refractivity contribution in [1.82, 2.24) is 14.5 Å². The number of nitrogens with one attached hydrogen (secondary N) is 1. The lowest BCUT2D eigenvalue weighted by molar-refractivity contribution is 0.0590. The Bertz CT molecular complexity index is 1020. The molecule has 10 nitrogen and oxygen atoms in total. The molecular formula is C15H13N5O5S2. The zero-order valence-electron chi connectivity index (χ0n) is 14.1. The number of anilines is 2. The number of thiazole rings is 2. The molecule has 1 amide bonds. The molecule has 3 aromatic heterocycles. The molecule has 0 atom stereocenters. The summed E-state index contributed by atoms with van der Waals surface area (Å²) >= 11 is 2.03. The number of nitrogens with zero attached hydrogens (tertiary/aromatic N) is 3. The Morgan fingerprint density at radius 3 is 2.52 bits per heavy atom. The number of hydrogen-bond donors (Lipinski definition) is 2. The lowest BCUT2D eigenvalue weighted by atomic mass is 10.4. The first kappa shape index (κ1) is 18.5. The number of carbonyl (C=O) groups is 3. The Morgan fingerprint density at radius 2 is 1.85 bits per heavy atom. The number of esters is 2. The maximum Gasteiger partial charge on any atom is 0.365 e. The van der Waals surface area contributed by atoms with E-state index in [9.17, 15) is 14.4 Å². The highest BCUT2D eigenvalue weighted by Gasteiger charge is 2.19. The van der Waals surface area contributed by atoms with Gasteiger partial charge in [0.05, 0.1) is 12.8 Å². The van der Waals surface area contributed by atoms with Crippen LogP contribution in [0.15, 0.2) is 23.0 Å². The fourth-order valence-electron chi connectivity index (χ4n) is 2.04. The van der Waals surface area contributed by atoms with Crippen molar-refractivity contribution in [3.63, 3.8) is 0 Å². The highest BCUT2D eigenvalue weighted by molar-refractivity contribution is 7.14. The van der Waals surface area contributed by atoms with Crippen LogP contribution in [0.2, 0.25) is 0 Å². The summed E-state index contributed by atoms with van der Waals surface area (Å²) in [6.45, 7) is 0. The molecule has 0 aliphatic rings. The lowest BCUT2D eigenvalue weighted by Crippen LogP contribution is -2.15. The second-order valence-corrected chi connectivity index (χ2v) is 6.82. The molecule has 0 saturated carbocycles. The first-order chi connectivity index (χ1) is 12.9. The first-order valence-electron chi connectivity index (χ1n) is 7.32. The second-order valence-electron chi connectivity index (χ2n) is 5.14. The molecule has 3 heterocycles. The minimum atomic E-state index is -0.763. The Balaban J connectivity index is 1.65. The van der Waals surface area contributed by atoms with E-state index in [1.54, 1.807) is 17.8 Å². The topological polar surface area (TPSA) is 138 Å². The van der Waals surface area contributed by atoms with E-state index in [0.29, 0.717) is 11.4 Å². The maximum absolute atomic E-state index is 12.2. The number of carbonyl (C=O) groups excluding carboxylic acids is 3. The highest BCUT2D eigenvalue weighted by Crippen LogP contribution is 2.22. The van der Waals surface area contributed by atoms with Gasteiger partial charge < -0.3 is 19.8 Å². The zero-order chi connectivity index (χ0) is 19.6. The van der Waals surface area contributed by atoms with E-state index in [1.807, 2.05) is 0 Å². The molecule has 0 spiro atoms. The van der Waals surface area contributed by atoms with Gasteiger partial charge in [-0.2, -0.15) is 4.98 Å². The molecule has 0 unspecified atom stereocenters. The fourth-order valence-corrected chi connectivity index (χ4v) is 3.35. The van der Waals surface area contributed by atoms with Crippen LogP contribution in [-0.4, -0.2) is 39.5 Å². The summed E-state index contributed by atoms with van der Waals surface area (Å²) in [5.41, 5.74) is 6.50. The number of nitrogens with two attached hydrogens (primary N) is 1. The van der Waals surface area contributed by atoms with Gasteiger partial charge in [0.1, 0.15) is 5.69 Å². The summed E-state index contributed by atoms with van der Waals surface area (Å²) in [6, 6.07) is 1.53. The van der Waals surface area contributed by atoms with Crippen molar-refractivity contribution < 1.29 is 23.9 Å². The predicted octanol–water partition coefficient (Wildman–Crippen LogP) is 1.78. The average molecular weight is 407 g/mol. The summed E-state index contributed by atoms with van der Waals surface area (Å²) in [6.07, 6.45) is 1.61. The molecule has 0 fully saturated rings. The van der Waals surface area contributed by atoms with Gasteiger partial charge in [0, 0.05) is 24.0 Å². The minimum Gasteiger partial charge on any atom is -0.464 e. The Hall–Kier alpha value is -3.25. The van der Waals surface area contributed by atoms with Crippen molar-refractivity contribution in [2.45, 2.75) is 0 Å². The fraction of sp³-hybridized carbons (Fsp3) is 0.133. The van der Waals surface area contributed by atoms with Crippen LogP contribution in [0.3, 0.4) is 0 Å². The largest absolute Gasteiger partial charge is 0.464 e. The van der Waals surface area contributed by atoms with Crippen LogP contribution in [0.25, 0.3) is 0 Å². The Labute approximate surface area is 160 Å². The van der Waals surface area contributed by atoms with Crippen LogP contribution in [0.4, 0.5) is 10.8 Å². The molecular weight excluding hydrogens is 394 g/mol. The van der Waals surface area contributed by atoms with E-state index in [4.69, 9.17) is 10.5 Å². The van der Waals surface area contributed by atoms with Gasteiger partial charge in [0.2, 0.25) is 0 Å². The first-order valence-corrected chi connectivity index (χ1v) is 9.08. The average Bonchev–Trinajstić information content (AvgIpc) is 3.34. The van der Waals surface area contributed by atoms with E-state index < -0.39 is 17.8 Å². The minimum absolute atomic E-state index is 0.00323. The van der Waals surface area contributed by atoms with Gasteiger partial charge in [-0.25, -0.2) is 14.6 Å². The summed E-state index contributed by atoms with van der Waals surface area (Å²) in [7, 11) is 2.91. The molecule has 3 aromatic rings. The van der Waals surface area contributed by atoms with E-state index in [2.05, 4.69) is 20.0 Å². The van der Waals surface area contributed by atoms with Crippen molar-refractivity contribution in [1.29, 1.82) is 0 Å². The van der Waals surface area contributed by atoms with Crippen molar-refractivity contribution in [3.8, 4) is 5.19 Å². The molecule has 0 saturated heterocycles. The van der Waals surface area contributed by atoms with Crippen LogP contribution in [0, 0.1) is 0 Å². The van der Waals surface area contributed by atoms with Gasteiger partial charge in [0.25, 0.3) is 11.1 Å². The van der Waals surface area contributed by atoms with Gasteiger partial charge in [-0.15, -0.1) is 11.3 Å². The third kappa shape index (κ3) is 4.12. The molecule has 0 aromatic carbocycles. The van der Waals surface area contributed by atoms with Crippen LogP contribution in [0.1, 0.15) is 31.5 Å². The van der Waals surface area contributed by atoms with Gasteiger partial charge in [0.15, 0.2) is 16.5 Å². The van der Waals surface area contributed by atoms with Crippen molar-refractivity contribution in [2.24, 2.45) is 7.05 Å². The molecule has 3 N–H and O–H groups in total. The highest BCUT2D eigenvalue weighted by atomic mass is 32.1. The maximum atomic E-state index is 12.2. The van der Waals surface area contributed by atoms with Crippen LogP contribution >= 0.6 is 22.7 Å². The van der Waals surface area contributed by atoms with Gasteiger partial charge in [-0.3, -0.25) is 10.1 Å². The zero-order valence-corrected chi connectivity index (χ0v) is 15.7. The van der Waals surface area contributed by atoms with Crippen molar-refractivity contribution in [2.75, 3.05) is 18.2 Å².